The number of nitrogens with zero attached hydrogens (tertiary/aromatic N) is 3. The monoisotopic (exact) mass is 479 g/mol. The van der Waals surface area contributed by atoms with E-state index in [1.807, 2.05) is 12.1 Å². The summed E-state index contributed by atoms with van der Waals surface area (Å²) in [6, 6.07) is 13.8. The van der Waals surface area contributed by atoms with Crippen molar-refractivity contribution in [3.8, 4) is 0 Å². The fraction of sp³-hybridized carbons (Fsp3) is 0.111. The van der Waals surface area contributed by atoms with E-state index in [1.54, 1.807) is 44.2 Å². The quantitative estimate of drug-likeness (QED) is 0.304. The maximum absolute atomic E-state index is 12.8. The van der Waals surface area contributed by atoms with Crippen molar-refractivity contribution in [2.24, 2.45) is 0 Å². The van der Waals surface area contributed by atoms with Gasteiger partial charge in [0.05, 0.1) is 26.1 Å². The minimum absolute atomic E-state index is 0.0352. The predicted octanol–water partition coefficient (Wildman–Crippen LogP) is 4.85. The number of hydrogen-bond donors (Lipinski definition) is 0. The van der Waals surface area contributed by atoms with Crippen molar-refractivity contribution in [3.05, 3.63) is 79.2 Å². The van der Waals surface area contributed by atoms with Crippen LogP contribution in [0.4, 0.5) is 5.69 Å². The number of aromatic nitrogens is 2. The highest BCUT2D eigenvalue weighted by molar-refractivity contribution is 14.1. The van der Waals surface area contributed by atoms with Gasteiger partial charge in [-0.15, -0.1) is 0 Å². The van der Waals surface area contributed by atoms with E-state index in [4.69, 9.17) is 0 Å². The van der Waals surface area contributed by atoms with Gasteiger partial charge in [0.15, 0.2) is 0 Å². The summed E-state index contributed by atoms with van der Waals surface area (Å²) >= 11 is 3.43. The minimum Gasteiger partial charge on any atom is -0.267 e. The van der Waals surface area contributed by atoms with Crippen LogP contribution >= 0.6 is 34.4 Å². The Morgan fingerprint density at radius 2 is 1.81 bits per heavy atom. The van der Waals surface area contributed by atoms with Gasteiger partial charge in [-0.1, -0.05) is 23.9 Å². The highest BCUT2D eigenvalue weighted by Gasteiger charge is 2.21. The molecule has 3 rings (SSSR count). The fourth-order valence-electron chi connectivity index (χ4n) is 2.49. The summed E-state index contributed by atoms with van der Waals surface area (Å²) < 4.78 is 2.40. The molecule has 8 heteroatoms. The largest absolute Gasteiger partial charge is 0.283 e. The molecule has 0 unspecified atom stereocenters. The number of nitro benzene ring substituents is 1. The Morgan fingerprint density at radius 1 is 1.15 bits per heavy atom. The van der Waals surface area contributed by atoms with Crippen LogP contribution in [0.25, 0.3) is 0 Å². The molecule has 26 heavy (non-hydrogen) atoms. The van der Waals surface area contributed by atoms with Gasteiger partial charge in [0.2, 0.25) is 0 Å². The first kappa shape index (κ1) is 18.6. The Labute approximate surface area is 167 Å². The zero-order valence-electron chi connectivity index (χ0n) is 14.0. The smallest absolute Gasteiger partial charge is 0.267 e. The van der Waals surface area contributed by atoms with E-state index in [2.05, 4.69) is 27.7 Å². The van der Waals surface area contributed by atoms with Gasteiger partial charge in [0.1, 0.15) is 0 Å². The van der Waals surface area contributed by atoms with Crippen LogP contribution in [0, 0.1) is 27.5 Å². The highest BCUT2D eigenvalue weighted by atomic mass is 127. The standard InChI is InChI=1S/C18H14IN3O3S/c1-11-17(26-16-6-4-3-5-15(16)22(24)25)12(2)21(20-11)18(23)13-7-9-14(19)10-8-13/h3-10H,1-2H3. The van der Waals surface area contributed by atoms with E-state index in [0.29, 0.717) is 21.8 Å². The van der Waals surface area contributed by atoms with Gasteiger partial charge in [-0.25, -0.2) is 0 Å². The number of halogens is 1. The second kappa shape index (κ2) is 7.58. The summed E-state index contributed by atoms with van der Waals surface area (Å²) in [5, 5.41) is 15.6. The second-order valence-electron chi connectivity index (χ2n) is 5.55. The van der Waals surface area contributed by atoms with Crippen molar-refractivity contribution in [1.29, 1.82) is 0 Å². The number of carbonyl (C=O) groups is 1. The average molecular weight is 479 g/mol. The topological polar surface area (TPSA) is 78.0 Å². The molecular formula is C18H14IN3O3S. The van der Waals surface area contributed by atoms with Gasteiger partial charge in [-0.3, -0.25) is 14.9 Å². The molecule has 0 saturated carbocycles. The van der Waals surface area contributed by atoms with Crippen LogP contribution in [0.5, 0.6) is 0 Å². The van der Waals surface area contributed by atoms with Crippen LogP contribution in [-0.4, -0.2) is 20.6 Å². The van der Waals surface area contributed by atoms with Gasteiger partial charge in [-0.05, 0) is 66.8 Å². The van der Waals surface area contributed by atoms with Crippen LogP contribution in [0.3, 0.4) is 0 Å². The number of benzene rings is 2. The van der Waals surface area contributed by atoms with Crippen molar-refractivity contribution >= 4 is 45.9 Å². The number of nitro groups is 1. The van der Waals surface area contributed by atoms with E-state index in [9.17, 15) is 14.9 Å². The molecule has 2 aromatic carbocycles. The third-order valence-electron chi connectivity index (χ3n) is 3.78. The molecule has 0 aliphatic heterocycles. The molecule has 0 saturated heterocycles. The number of rotatable bonds is 4. The Morgan fingerprint density at radius 3 is 2.46 bits per heavy atom. The maximum Gasteiger partial charge on any atom is 0.283 e. The molecule has 3 aromatic rings. The molecule has 0 aliphatic carbocycles. The summed E-state index contributed by atoms with van der Waals surface area (Å²) in [5.74, 6) is -0.226. The van der Waals surface area contributed by atoms with Crippen molar-refractivity contribution in [1.82, 2.24) is 9.78 Å². The summed E-state index contributed by atoms with van der Waals surface area (Å²) in [7, 11) is 0. The van der Waals surface area contributed by atoms with Crippen molar-refractivity contribution < 1.29 is 9.72 Å². The molecule has 0 radical (unpaired) electrons. The SMILES string of the molecule is Cc1nn(C(=O)c2ccc(I)cc2)c(C)c1Sc1ccccc1[N+](=O)[O-]. The molecule has 0 bridgehead atoms. The van der Waals surface area contributed by atoms with E-state index < -0.39 is 4.92 Å². The Hall–Kier alpha value is -2.20. The lowest BCUT2D eigenvalue weighted by molar-refractivity contribution is -0.387. The molecule has 0 amide bonds. The lowest BCUT2D eigenvalue weighted by Crippen LogP contribution is -2.15. The maximum atomic E-state index is 12.8. The molecule has 0 spiro atoms. The Bertz CT molecular complexity index is 999. The van der Waals surface area contributed by atoms with E-state index >= 15 is 0 Å². The highest BCUT2D eigenvalue weighted by Crippen LogP contribution is 2.37. The van der Waals surface area contributed by atoms with Gasteiger partial charge < -0.3 is 0 Å². The molecule has 0 aliphatic rings. The van der Waals surface area contributed by atoms with E-state index in [0.717, 1.165) is 8.47 Å². The van der Waals surface area contributed by atoms with Crippen LogP contribution in [0.15, 0.2) is 58.3 Å². The van der Waals surface area contributed by atoms with Gasteiger partial charge in [0, 0.05) is 15.2 Å². The first-order valence-electron chi connectivity index (χ1n) is 7.66. The van der Waals surface area contributed by atoms with Crippen LogP contribution < -0.4 is 0 Å². The number of para-hydroxylation sites is 1. The van der Waals surface area contributed by atoms with Crippen LogP contribution in [0.1, 0.15) is 21.7 Å². The zero-order chi connectivity index (χ0) is 18.8. The van der Waals surface area contributed by atoms with Crippen molar-refractivity contribution in [3.63, 3.8) is 0 Å². The molecule has 0 N–H and O–H groups in total. The number of carbonyl (C=O) groups excluding carboxylic acids is 1. The number of aryl methyl sites for hydroxylation is 1. The van der Waals surface area contributed by atoms with E-state index in [1.165, 1.54) is 22.5 Å². The molecule has 6 nitrogen and oxygen atoms in total. The summed E-state index contributed by atoms with van der Waals surface area (Å²) in [6.07, 6.45) is 0. The summed E-state index contributed by atoms with van der Waals surface area (Å²) in [5.41, 5.74) is 1.89. The van der Waals surface area contributed by atoms with Crippen molar-refractivity contribution in [2.45, 2.75) is 23.6 Å². The van der Waals surface area contributed by atoms with Gasteiger partial charge >= 0.3 is 0 Å². The zero-order valence-corrected chi connectivity index (χ0v) is 16.9. The molecular weight excluding hydrogens is 465 g/mol. The fourth-order valence-corrected chi connectivity index (χ4v) is 3.89. The minimum atomic E-state index is -0.409. The Balaban J connectivity index is 1.98. The lowest BCUT2D eigenvalue weighted by atomic mass is 10.2. The molecule has 132 valence electrons. The Kier molecular flexibility index (Phi) is 5.42. The molecule has 1 aromatic heterocycles. The molecule has 0 atom stereocenters. The third kappa shape index (κ3) is 3.65. The summed E-state index contributed by atoms with van der Waals surface area (Å²) in [6.45, 7) is 3.59. The third-order valence-corrected chi connectivity index (χ3v) is 5.86. The van der Waals surface area contributed by atoms with E-state index in [-0.39, 0.29) is 11.6 Å². The second-order valence-corrected chi connectivity index (χ2v) is 7.85. The predicted molar refractivity (Wildman–Crippen MR) is 108 cm³/mol. The molecule has 0 fully saturated rings. The normalized spacial score (nSPS) is 10.7. The average Bonchev–Trinajstić information content (AvgIpc) is 2.90. The first-order valence-corrected chi connectivity index (χ1v) is 9.55. The van der Waals surface area contributed by atoms with Crippen molar-refractivity contribution in [2.75, 3.05) is 0 Å². The van der Waals surface area contributed by atoms with Gasteiger partial charge in [0.25, 0.3) is 11.6 Å². The first-order chi connectivity index (χ1) is 12.4. The molecule has 1 heterocycles. The lowest BCUT2D eigenvalue weighted by Gasteiger charge is -2.05. The number of hydrogen-bond acceptors (Lipinski definition) is 5. The van der Waals surface area contributed by atoms with Gasteiger partial charge in [-0.2, -0.15) is 9.78 Å². The van der Waals surface area contributed by atoms with Crippen LogP contribution in [0.2, 0.25) is 0 Å². The summed E-state index contributed by atoms with van der Waals surface area (Å²) in [4.78, 5) is 24.8. The van der Waals surface area contributed by atoms with Crippen LogP contribution in [-0.2, 0) is 0 Å².